The van der Waals surface area contributed by atoms with Crippen LogP contribution in [0.25, 0.3) is 22.0 Å². The van der Waals surface area contributed by atoms with Crippen molar-refractivity contribution < 1.29 is 89.9 Å². The van der Waals surface area contributed by atoms with Crippen molar-refractivity contribution >= 4 is 42.6 Å². The average molecular weight is 573 g/mol. The minimum atomic E-state index is -4.74. The summed E-state index contributed by atoms with van der Waals surface area (Å²) >= 11 is 0. The number of carbonyl (C=O) groups is 1. The summed E-state index contributed by atoms with van der Waals surface area (Å²) in [6, 6.07) is 16.2. The van der Waals surface area contributed by atoms with Crippen LogP contribution in [0.3, 0.4) is 0 Å². The molecule has 1 N–H and O–H groups in total. The van der Waals surface area contributed by atoms with Crippen molar-refractivity contribution in [3.63, 3.8) is 0 Å². The van der Waals surface area contributed by atoms with Crippen LogP contribution in [0.2, 0.25) is 0 Å². The molecule has 1 aliphatic carbocycles. The first kappa shape index (κ1) is 32.4. The second-order valence-electron chi connectivity index (χ2n) is 7.85. The first-order valence-electron chi connectivity index (χ1n) is 10.3. The molecule has 3 aromatic carbocycles. The second-order valence-corrected chi connectivity index (χ2v) is 10.6. The third-order valence-corrected chi connectivity index (χ3v) is 7.42. The standard InChI is InChI=1S/C18H14N2O2.C6H6O6S2.2Na/c1-19-13-7-8-14-16-12(9-15(21)20(14)2)10-5-3-4-6-11(10)18(22)17(13)16;7-13(8,9)5-2-1-3-6(4-5)14(10,11)12;;/h3-9,19H,1-2H3;1-4H,(H,7,8,9)(H,10,11,12);;/q;;2*+1/p-2. The van der Waals surface area contributed by atoms with Gasteiger partial charge in [0.1, 0.15) is 20.2 Å². The number of rotatable bonds is 3. The van der Waals surface area contributed by atoms with Gasteiger partial charge in [-0.05, 0) is 41.5 Å². The topological polar surface area (TPSA) is 166 Å². The van der Waals surface area contributed by atoms with Gasteiger partial charge in [-0.3, -0.25) is 9.59 Å². The number of carbonyl (C=O) groups excluding carboxylic acids is 1. The van der Waals surface area contributed by atoms with Crippen LogP contribution in [-0.4, -0.2) is 43.3 Å². The molecule has 0 amide bonds. The molecule has 5 rings (SSSR count). The summed E-state index contributed by atoms with van der Waals surface area (Å²) in [4.78, 5) is 23.7. The van der Waals surface area contributed by atoms with E-state index < -0.39 is 30.0 Å². The van der Waals surface area contributed by atoms with E-state index in [1.165, 1.54) is 0 Å². The molecule has 0 aliphatic heterocycles. The zero-order valence-corrected chi connectivity index (χ0v) is 26.5. The van der Waals surface area contributed by atoms with Crippen molar-refractivity contribution in [2.75, 3.05) is 12.4 Å². The number of hydrogen-bond donors (Lipinski definition) is 1. The van der Waals surface area contributed by atoms with Crippen LogP contribution < -0.4 is 70.0 Å². The van der Waals surface area contributed by atoms with Gasteiger partial charge in [-0.15, -0.1) is 0 Å². The minimum absolute atomic E-state index is 0. The van der Waals surface area contributed by atoms with E-state index in [9.17, 15) is 35.5 Å². The normalized spacial score (nSPS) is 11.8. The second kappa shape index (κ2) is 12.1. The third-order valence-electron chi connectivity index (χ3n) is 5.75. The summed E-state index contributed by atoms with van der Waals surface area (Å²) in [6.45, 7) is 0. The Morgan fingerprint density at radius 1 is 0.737 bits per heavy atom. The van der Waals surface area contributed by atoms with Crippen molar-refractivity contribution in [1.82, 2.24) is 4.57 Å². The van der Waals surface area contributed by atoms with Gasteiger partial charge in [0.25, 0.3) is 5.56 Å². The van der Waals surface area contributed by atoms with Gasteiger partial charge in [0.2, 0.25) is 0 Å². The van der Waals surface area contributed by atoms with Crippen LogP contribution in [0, 0.1) is 0 Å². The summed E-state index contributed by atoms with van der Waals surface area (Å²) < 4.78 is 64.3. The fourth-order valence-electron chi connectivity index (χ4n) is 4.05. The number of benzene rings is 3. The molecule has 0 atom stereocenters. The Kier molecular flexibility index (Phi) is 10.3. The molecule has 0 bridgehead atoms. The van der Waals surface area contributed by atoms with Gasteiger partial charge in [0.15, 0.2) is 5.78 Å². The predicted molar refractivity (Wildman–Crippen MR) is 130 cm³/mol. The van der Waals surface area contributed by atoms with Gasteiger partial charge in [-0.25, -0.2) is 16.8 Å². The fraction of sp³-hybridized carbons (Fsp3) is 0.0833. The Morgan fingerprint density at radius 3 is 1.82 bits per heavy atom. The van der Waals surface area contributed by atoms with Crippen molar-refractivity contribution in [3.05, 3.63) is 88.2 Å². The largest absolute Gasteiger partial charge is 1.00 e. The van der Waals surface area contributed by atoms with Crippen LogP contribution in [0.1, 0.15) is 15.9 Å². The third kappa shape index (κ3) is 6.15. The maximum Gasteiger partial charge on any atom is 1.00 e. The Morgan fingerprint density at radius 2 is 1.29 bits per heavy atom. The smallest absolute Gasteiger partial charge is 0.744 e. The summed E-state index contributed by atoms with van der Waals surface area (Å²) in [7, 11) is -5.95. The molecule has 10 nitrogen and oxygen atoms in total. The van der Waals surface area contributed by atoms with Crippen LogP contribution in [0.15, 0.2) is 81.3 Å². The van der Waals surface area contributed by atoms with Gasteiger partial charge in [0.05, 0.1) is 20.9 Å². The number of aryl methyl sites for hydroxylation is 1. The van der Waals surface area contributed by atoms with Gasteiger partial charge in [-0.1, -0.05) is 30.3 Å². The van der Waals surface area contributed by atoms with E-state index >= 15 is 0 Å². The molecule has 4 aromatic rings. The summed E-state index contributed by atoms with van der Waals surface area (Å²) in [5, 5.41) is 3.93. The number of nitrogens with one attached hydrogen (secondary N) is 1. The van der Waals surface area contributed by atoms with Crippen LogP contribution in [-0.2, 0) is 27.3 Å². The molecule has 0 spiro atoms. The summed E-state index contributed by atoms with van der Waals surface area (Å²) in [5.41, 5.74) is 4.44. The average Bonchev–Trinajstić information content (AvgIpc) is 2.84. The summed E-state index contributed by atoms with van der Waals surface area (Å²) in [5.74, 6) is -0.00306. The molecule has 14 heteroatoms. The molecule has 0 saturated heterocycles. The first-order valence-corrected chi connectivity index (χ1v) is 13.2. The van der Waals surface area contributed by atoms with Crippen molar-refractivity contribution in [2.45, 2.75) is 9.79 Å². The van der Waals surface area contributed by atoms with E-state index in [0.717, 1.165) is 45.9 Å². The molecule has 1 aliphatic rings. The zero-order chi connectivity index (χ0) is 26.4. The molecule has 186 valence electrons. The summed E-state index contributed by atoms with van der Waals surface area (Å²) in [6.07, 6.45) is 0. The number of nitrogens with zero attached hydrogens (tertiary/aromatic N) is 1. The van der Waals surface area contributed by atoms with E-state index in [1.807, 2.05) is 36.4 Å². The van der Waals surface area contributed by atoms with Crippen molar-refractivity contribution in [2.24, 2.45) is 7.05 Å². The van der Waals surface area contributed by atoms with E-state index in [-0.39, 0.29) is 70.5 Å². The Hall–Kier alpha value is -1.84. The molecule has 0 fully saturated rings. The maximum absolute atomic E-state index is 12.9. The fourth-order valence-corrected chi connectivity index (χ4v) is 5.16. The molecule has 1 aromatic heterocycles. The van der Waals surface area contributed by atoms with Crippen molar-refractivity contribution in [1.29, 1.82) is 0 Å². The molecular formula is C24H18N2Na2O8S2. The van der Waals surface area contributed by atoms with Crippen LogP contribution >= 0.6 is 0 Å². The monoisotopic (exact) mass is 572 g/mol. The number of ketones is 1. The Bertz CT molecular complexity index is 1790. The zero-order valence-electron chi connectivity index (χ0n) is 20.9. The number of pyridine rings is 1. The number of fused-ring (bicyclic) bond motifs is 2. The SMILES string of the molecule is CNc1ccc2c3c(cc(=O)n2C)-c2ccccc2C(=O)c13.O=S(=O)([O-])c1cccc(S(=O)(=O)[O-])c1.[Na+].[Na+]. The van der Waals surface area contributed by atoms with Gasteiger partial charge < -0.3 is 19.0 Å². The van der Waals surface area contributed by atoms with Crippen molar-refractivity contribution in [3.8, 4) is 11.1 Å². The Labute approximate surface area is 263 Å². The molecule has 1 heterocycles. The predicted octanol–water partition coefficient (Wildman–Crippen LogP) is -3.71. The number of aromatic nitrogens is 1. The van der Waals surface area contributed by atoms with Crippen LogP contribution in [0.4, 0.5) is 5.69 Å². The Balaban J connectivity index is 0.000000279. The number of hydrogen-bond acceptors (Lipinski definition) is 9. The van der Waals surface area contributed by atoms with Gasteiger partial charge >= 0.3 is 59.1 Å². The number of anilines is 1. The van der Waals surface area contributed by atoms with E-state index in [0.29, 0.717) is 17.2 Å². The molecule has 0 saturated carbocycles. The van der Waals surface area contributed by atoms with Gasteiger partial charge in [0, 0.05) is 36.8 Å². The maximum atomic E-state index is 12.9. The minimum Gasteiger partial charge on any atom is -0.744 e. The molecule has 0 unspecified atom stereocenters. The molecule has 0 radical (unpaired) electrons. The van der Waals surface area contributed by atoms with Crippen LogP contribution in [0.5, 0.6) is 0 Å². The van der Waals surface area contributed by atoms with E-state index in [4.69, 9.17) is 0 Å². The molecule has 38 heavy (non-hydrogen) atoms. The first-order chi connectivity index (χ1) is 16.8. The van der Waals surface area contributed by atoms with E-state index in [2.05, 4.69) is 5.32 Å². The molecular weight excluding hydrogens is 554 g/mol. The van der Waals surface area contributed by atoms with Gasteiger partial charge in [-0.2, -0.15) is 0 Å². The van der Waals surface area contributed by atoms with E-state index in [1.54, 1.807) is 24.7 Å². The quantitative estimate of drug-likeness (QED) is 0.169.